The van der Waals surface area contributed by atoms with E-state index in [9.17, 15) is 5.11 Å². The lowest BCUT2D eigenvalue weighted by atomic mass is 9.80. The van der Waals surface area contributed by atoms with E-state index < -0.39 is 0 Å². The minimum absolute atomic E-state index is 0.372. The van der Waals surface area contributed by atoms with Gasteiger partial charge in [-0.25, -0.2) is 0 Å². The molecule has 0 bridgehead atoms. The smallest absolute Gasteiger partial charge is 0.120 e. The van der Waals surface area contributed by atoms with Crippen LogP contribution in [-0.2, 0) is 6.54 Å². The Balaban J connectivity index is 1.90. The van der Waals surface area contributed by atoms with Gasteiger partial charge in [-0.15, -0.1) is 0 Å². The van der Waals surface area contributed by atoms with Crippen LogP contribution in [0.1, 0.15) is 31.7 Å². The van der Waals surface area contributed by atoms with Gasteiger partial charge in [0.25, 0.3) is 0 Å². The topological polar surface area (TPSA) is 32.3 Å². The molecule has 0 amide bonds. The van der Waals surface area contributed by atoms with E-state index >= 15 is 0 Å². The van der Waals surface area contributed by atoms with Crippen LogP contribution in [0.4, 0.5) is 0 Å². The maximum absolute atomic E-state index is 9.70. The maximum atomic E-state index is 9.70. The molecule has 0 aliphatic heterocycles. The molecule has 1 saturated carbocycles. The Labute approximate surface area is 105 Å². The number of benzene rings is 1. The lowest BCUT2D eigenvalue weighted by molar-refractivity contribution is 0.239. The fourth-order valence-electron chi connectivity index (χ4n) is 2.07. The van der Waals surface area contributed by atoms with Crippen LogP contribution in [0.25, 0.3) is 0 Å². The Hall–Kier alpha value is -0.540. The second kappa shape index (κ2) is 5.19. The minimum Gasteiger partial charge on any atom is -0.508 e. The molecule has 0 saturated heterocycles. The van der Waals surface area contributed by atoms with Crippen molar-refractivity contribution in [1.82, 2.24) is 5.32 Å². The summed E-state index contributed by atoms with van der Waals surface area (Å²) in [7, 11) is 0. The van der Waals surface area contributed by atoms with Crippen molar-refractivity contribution in [2.75, 3.05) is 0 Å². The Morgan fingerprint density at radius 2 is 2.25 bits per heavy atom. The summed E-state index contributed by atoms with van der Waals surface area (Å²) in [4.78, 5) is 0. The molecule has 1 aromatic rings. The van der Waals surface area contributed by atoms with E-state index in [2.05, 4.69) is 28.2 Å². The van der Waals surface area contributed by atoms with Crippen LogP contribution in [0.3, 0.4) is 0 Å². The van der Waals surface area contributed by atoms with E-state index in [1.807, 2.05) is 12.1 Å². The van der Waals surface area contributed by atoms with Gasteiger partial charge in [0.15, 0.2) is 0 Å². The summed E-state index contributed by atoms with van der Waals surface area (Å²) in [6.07, 6.45) is 4.07. The molecule has 0 radical (unpaired) electrons. The molecule has 3 heteroatoms. The highest BCUT2D eigenvalue weighted by molar-refractivity contribution is 9.10. The van der Waals surface area contributed by atoms with Crippen LogP contribution >= 0.6 is 15.9 Å². The van der Waals surface area contributed by atoms with Gasteiger partial charge < -0.3 is 10.4 Å². The van der Waals surface area contributed by atoms with Crippen LogP contribution in [0, 0.1) is 5.92 Å². The minimum atomic E-state index is 0.372. The zero-order valence-corrected chi connectivity index (χ0v) is 11.1. The monoisotopic (exact) mass is 283 g/mol. The van der Waals surface area contributed by atoms with Crippen molar-refractivity contribution in [3.8, 4) is 5.75 Å². The van der Waals surface area contributed by atoms with Crippen molar-refractivity contribution in [2.24, 2.45) is 5.92 Å². The summed E-state index contributed by atoms with van der Waals surface area (Å²) in [5.74, 6) is 1.20. The Bertz CT molecular complexity index is 363. The van der Waals surface area contributed by atoms with Gasteiger partial charge in [-0.2, -0.15) is 0 Å². The molecule has 1 atom stereocenters. The molecule has 1 aliphatic carbocycles. The number of halogens is 1. The normalized spacial score (nSPS) is 18.1. The highest BCUT2D eigenvalue weighted by Crippen LogP contribution is 2.30. The summed E-state index contributed by atoms with van der Waals surface area (Å²) in [5, 5.41) is 13.2. The zero-order valence-electron chi connectivity index (χ0n) is 9.54. The number of phenolic OH excluding ortho intramolecular Hbond substituents is 1. The van der Waals surface area contributed by atoms with Crippen LogP contribution in [0.15, 0.2) is 22.7 Å². The van der Waals surface area contributed by atoms with Crippen molar-refractivity contribution < 1.29 is 5.11 Å². The highest BCUT2D eigenvalue weighted by Gasteiger charge is 2.23. The van der Waals surface area contributed by atoms with E-state index in [1.165, 1.54) is 19.3 Å². The predicted octanol–water partition coefficient (Wildman–Crippen LogP) is 3.43. The van der Waals surface area contributed by atoms with Gasteiger partial charge in [0.05, 0.1) is 0 Å². The number of rotatable bonds is 4. The quantitative estimate of drug-likeness (QED) is 0.887. The van der Waals surface area contributed by atoms with Crippen molar-refractivity contribution >= 4 is 15.9 Å². The Morgan fingerprint density at radius 3 is 2.88 bits per heavy atom. The van der Waals surface area contributed by atoms with Crippen LogP contribution in [0.5, 0.6) is 5.75 Å². The second-order valence-electron chi connectivity index (χ2n) is 4.63. The van der Waals surface area contributed by atoms with Gasteiger partial charge in [-0.1, -0.05) is 22.4 Å². The average Bonchev–Trinajstić information content (AvgIpc) is 2.17. The average molecular weight is 284 g/mol. The third-order valence-corrected chi connectivity index (χ3v) is 4.01. The summed E-state index contributed by atoms with van der Waals surface area (Å²) >= 11 is 3.42. The van der Waals surface area contributed by atoms with E-state index in [0.717, 1.165) is 22.5 Å². The molecule has 1 fully saturated rings. The van der Waals surface area contributed by atoms with Crippen molar-refractivity contribution in [3.63, 3.8) is 0 Å². The number of hydrogen-bond acceptors (Lipinski definition) is 2. The van der Waals surface area contributed by atoms with Crippen molar-refractivity contribution in [3.05, 3.63) is 28.2 Å². The third kappa shape index (κ3) is 2.77. The molecule has 2 N–H and O–H groups in total. The van der Waals surface area contributed by atoms with E-state index in [4.69, 9.17) is 0 Å². The number of aromatic hydroxyl groups is 1. The lowest BCUT2D eigenvalue weighted by Gasteiger charge is -2.32. The Kier molecular flexibility index (Phi) is 3.87. The molecule has 2 nitrogen and oxygen atoms in total. The first-order valence-electron chi connectivity index (χ1n) is 5.87. The SMILES string of the molecule is CC(NCc1cc(Br)ccc1O)C1CCC1. The van der Waals surface area contributed by atoms with E-state index in [0.29, 0.717) is 11.8 Å². The molecule has 1 aromatic carbocycles. The summed E-state index contributed by atoms with van der Waals surface area (Å²) in [6.45, 7) is 2.97. The molecule has 16 heavy (non-hydrogen) atoms. The molecule has 0 heterocycles. The van der Waals surface area contributed by atoms with E-state index in [-0.39, 0.29) is 0 Å². The molecule has 0 aromatic heterocycles. The first kappa shape index (κ1) is 11.9. The molecule has 88 valence electrons. The molecular weight excluding hydrogens is 266 g/mol. The van der Waals surface area contributed by atoms with Crippen LogP contribution < -0.4 is 5.32 Å². The highest BCUT2D eigenvalue weighted by atomic mass is 79.9. The van der Waals surface area contributed by atoms with Crippen molar-refractivity contribution in [2.45, 2.75) is 38.8 Å². The maximum Gasteiger partial charge on any atom is 0.120 e. The van der Waals surface area contributed by atoms with Gasteiger partial charge >= 0.3 is 0 Å². The van der Waals surface area contributed by atoms with Gasteiger partial charge in [0.2, 0.25) is 0 Å². The first-order chi connectivity index (χ1) is 7.66. The molecule has 1 unspecified atom stereocenters. The number of phenols is 1. The molecular formula is C13H18BrNO. The van der Waals surface area contributed by atoms with Gasteiger partial charge in [0, 0.05) is 22.6 Å². The largest absolute Gasteiger partial charge is 0.508 e. The summed E-state index contributed by atoms with van der Waals surface area (Å²) in [5.41, 5.74) is 0.959. The summed E-state index contributed by atoms with van der Waals surface area (Å²) in [6, 6.07) is 6.10. The van der Waals surface area contributed by atoms with Gasteiger partial charge in [-0.3, -0.25) is 0 Å². The first-order valence-corrected chi connectivity index (χ1v) is 6.67. The number of nitrogens with one attached hydrogen (secondary N) is 1. The Morgan fingerprint density at radius 1 is 1.50 bits per heavy atom. The molecule has 0 spiro atoms. The molecule has 2 rings (SSSR count). The fraction of sp³-hybridized carbons (Fsp3) is 0.538. The number of hydrogen-bond donors (Lipinski definition) is 2. The van der Waals surface area contributed by atoms with Crippen molar-refractivity contribution in [1.29, 1.82) is 0 Å². The summed E-state index contributed by atoms with van der Waals surface area (Å²) < 4.78 is 1.01. The zero-order chi connectivity index (χ0) is 11.5. The van der Waals surface area contributed by atoms with Crippen LogP contribution in [0.2, 0.25) is 0 Å². The van der Waals surface area contributed by atoms with Gasteiger partial charge in [-0.05, 0) is 43.9 Å². The second-order valence-corrected chi connectivity index (χ2v) is 5.55. The van der Waals surface area contributed by atoms with Crippen LogP contribution in [-0.4, -0.2) is 11.1 Å². The standard InChI is InChI=1S/C13H18BrNO/c1-9(10-3-2-4-10)15-8-11-7-12(14)5-6-13(11)16/h5-7,9-10,15-16H,2-4,8H2,1H3. The lowest BCUT2D eigenvalue weighted by Crippen LogP contribution is -2.36. The third-order valence-electron chi connectivity index (χ3n) is 3.51. The fourth-order valence-corrected chi connectivity index (χ4v) is 2.48. The van der Waals surface area contributed by atoms with E-state index in [1.54, 1.807) is 6.07 Å². The predicted molar refractivity (Wildman–Crippen MR) is 69.4 cm³/mol. The van der Waals surface area contributed by atoms with Gasteiger partial charge in [0.1, 0.15) is 5.75 Å². The molecule has 1 aliphatic rings.